The van der Waals surface area contributed by atoms with Gasteiger partial charge in [-0.05, 0) is 56.1 Å². The standard InChI is InChI=1S/C20H29N3OS2/c1-15-9-10-16(14-18(15)23-12-5-8-19(23)24)22-20(25)21-11-13-26-17-6-3-2-4-7-17/h9-10,14,17H,2-8,11-13H2,1H3,(H2,21,22,25). The molecular weight excluding hydrogens is 362 g/mol. The third kappa shape index (κ3) is 5.36. The molecule has 142 valence electrons. The molecule has 2 fully saturated rings. The lowest BCUT2D eigenvalue weighted by Gasteiger charge is -2.21. The fraction of sp³-hybridized carbons (Fsp3) is 0.600. The normalized spacial score (nSPS) is 18.2. The number of carbonyl (C=O) groups is 1. The molecule has 1 aliphatic carbocycles. The van der Waals surface area contributed by atoms with Gasteiger partial charge in [0.1, 0.15) is 0 Å². The SMILES string of the molecule is Cc1ccc(NC(=S)NCCSC2CCCCC2)cc1N1CCCC1=O. The van der Waals surface area contributed by atoms with Crippen LogP contribution in [0.1, 0.15) is 50.5 Å². The van der Waals surface area contributed by atoms with E-state index >= 15 is 0 Å². The van der Waals surface area contributed by atoms with Gasteiger partial charge < -0.3 is 15.5 Å². The highest BCUT2D eigenvalue weighted by molar-refractivity contribution is 7.99. The number of benzene rings is 1. The van der Waals surface area contributed by atoms with E-state index in [1.165, 1.54) is 32.1 Å². The zero-order chi connectivity index (χ0) is 18.4. The predicted octanol–water partition coefficient (Wildman–Crippen LogP) is 4.47. The van der Waals surface area contributed by atoms with E-state index in [0.29, 0.717) is 11.5 Å². The van der Waals surface area contributed by atoms with E-state index in [4.69, 9.17) is 12.2 Å². The number of hydrogen-bond donors (Lipinski definition) is 2. The first-order valence-corrected chi connectivity index (χ1v) is 11.2. The van der Waals surface area contributed by atoms with Gasteiger partial charge in [-0.25, -0.2) is 0 Å². The molecule has 1 aromatic rings. The molecule has 1 heterocycles. The molecule has 1 aliphatic heterocycles. The van der Waals surface area contributed by atoms with Crippen molar-refractivity contribution in [1.82, 2.24) is 5.32 Å². The van der Waals surface area contributed by atoms with E-state index in [-0.39, 0.29) is 5.91 Å². The maximum absolute atomic E-state index is 12.0. The number of aryl methyl sites for hydroxylation is 1. The van der Waals surface area contributed by atoms with Crippen molar-refractivity contribution in [1.29, 1.82) is 0 Å². The number of hydrogen-bond acceptors (Lipinski definition) is 3. The topological polar surface area (TPSA) is 44.4 Å². The van der Waals surface area contributed by atoms with Crippen LogP contribution in [0.5, 0.6) is 0 Å². The maximum Gasteiger partial charge on any atom is 0.227 e. The molecule has 0 aromatic heterocycles. The van der Waals surface area contributed by atoms with Crippen LogP contribution in [0.25, 0.3) is 0 Å². The summed E-state index contributed by atoms with van der Waals surface area (Å²) < 4.78 is 0. The maximum atomic E-state index is 12.0. The number of carbonyl (C=O) groups excluding carboxylic acids is 1. The van der Waals surface area contributed by atoms with Crippen LogP contribution < -0.4 is 15.5 Å². The number of rotatable bonds is 6. The van der Waals surface area contributed by atoms with E-state index in [0.717, 1.165) is 47.5 Å². The van der Waals surface area contributed by atoms with Crippen molar-refractivity contribution in [3.8, 4) is 0 Å². The highest BCUT2D eigenvalue weighted by Crippen LogP contribution is 2.29. The van der Waals surface area contributed by atoms with Crippen LogP contribution in [-0.4, -0.2) is 35.1 Å². The molecule has 3 rings (SSSR count). The van der Waals surface area contributed by atoms with Crippen LogP contribution in [0.15, 0.2) is 18.2 Å². The van der Waals surface area contributed by atoms with Gasteiger partial charge in [0.15, 0.2) is 5.11 Å². The molecule has 2 N–H and O–H groups in total. The van der Waals surface area contributed by atoms with Crippen molar-refractivity contribution in [2.75, 3.05) is 29.1 Å². The molecule has 2 aliphatic rings. The van der Waals surface area contributed by atoms with E-state index in [9.17, 15) is 4.79 Å². The summed E-state index contributed by atoms with van der Waals surface area (Å²) in [4.78, 5) is 13.9. The summed E-state index contributed by atoms with van der Waals surface area (Å²) in [7, 11) is 0. The molecule has 0 atom stereocenters. The van der Waals surface area contributed by atoms with Gasteiger partial charge in [-0.15, -0.1) is 0 Å². The van der Waals surface area contributed by atoms with Crippen LogP contribution in [0.4, 0.5) is 11.4 Å². The average molecular weight is 392 g/mol. The molecule has 26 heavy (non-hydrogen) atoms. The molecule has 4 nitrogen and oxygen atoms in total. The second kappa shape index (κ2) is 9.60. The monoisotopic (exact) mass is 391 g/mol. The molecule has 0 spiro atoms. The summed E-state index contributed by atoms with van der Waals surface area (Å²) in [5, 5.41) is 8.05. The molecule has 0 radical (unpaired) electrons. The van der Waals surface area contributed by atoms with Crippen molar-refractivity contribution in [3.63, 3.8) is 0 Å². The molecule has 1 saturated carbocycles. The van der Waals surface area contributed by atoms with Crippen molar-refractivity contribution >= 4 is 46.4 Å². The van der Waals surface area contributed by atoms with Crippen LogP contribution in [0, 0.1) is 6.92 Å². The van der Waals surface area contributed by atoms with Gasteiger partial charge in [0.05, 0.1) is 0 Å². The third-order valence-corrected chi connectivity index (χ3v) is 6.75. The zero-order valence-electron chi connectivity index (χ0n) is 15.6. The quantitative estimate of drug-likeness (QED) is 0.553. The van der Waals surface area contributed by atoms with E-state index < -0.39 is 0 Å². The van der Waals surface area contributed by atoms with E-state index in [1.54, 1.807) is 0 Å². The minimum Gasteiger partial charge on any atom is -0.362 e. The molecular formula is C20H29N3OS2. The minimum absolute atomic E-state index is 0.214. The summed E-state index contributed by atoms with van der Waals surface area (Å²) in [6.07, 6.45) is 8.51. The van der Waals surface area contributed by atoms with Gasteiger partial charge >= 0.3 is 0 Å². The molecule has 6 heteroatoms. The summed E-state index contributed by atoms with van der Waals surface area (Å²) >= 11 is 7.50. The smallest absolute Gasteiger partial charge is 0.227 e. The van der Waals surface area contributed by atoms with Gasteiger partial charge in [0.25, 0.3) is 0 Å². The summed E-state index contributed by atoms with van der Waals surface area (Å²) in [5.41, 5.74) is 3.05. The van der Waals surface area contributed by atoms with Crippen molar-refractivity contribution in [3.05, 3.63) is 23.8 Å². The second-order valence-electron chi connectivity index (χ2n) is 7.16. The van der Waals surface area contributed by atoms with Crippen LogP contribution in [0.2, 0.25) is 0 Å². The lowest BCUT2D eigenvalue weighted by atomic mass is 10.0. The van der Waals surface area contributed by atoms with E-state index in [1.807, 2.05) is 30.0 Å². The largest absolute Gasteiger partial charge is 0.362 e. The Kier molecular flexibility index (Phi) is 7.20. The number of nitrogens with zero attached hydrogens (tertiary/aromatic N) is 1. The lowest BCUT2D eigenvalue weighted by Crippen LogP contribution is -2.31. The van der Waals surface area contributed by atoms with Crippen molar-refractivity contribution in [2.45, 2.75) is 57.1 Å². The fourth-order valence-electron chi connectivity index (χ4n) is 3.68. The van der Waals surface area contributed by atoms with Gasteiger partial charge in [0.2, 0.25) is 5.91 Å². The Bertz CT molecular complexity index is 644. The highest BCUT2D eigenvalue weighted by atomic mass is 32.2. The minimum atomic E-state index is 0.214. The Morgan fingerprint density at radius 3 is 2.81 bits per heavy atom. The fourth-order valence-corrected chi connectivity index (χ4v) is 5.12. The van der Waals surface area contributed by atoms with Crippen LogP contribution in [-0.2, 0) is 4.79 Å². The number of anilines is 2. The number of thiocarbonyl (C=S) groups is 1. The first-order chi connectivity index (χ1) is 12.6. The number of thioether (sulfide) groups is 1. The molecule has 0 bridgehead atoms. The summed E-state index contributed by atoms with van der Waals surface area (Å²) in [6, 6.07) is 6.10. The van der Waals surface area contributed by atoms with Gasteiger partial charge in [0, 0.05) is 41.9 Å². The highest BCUT2D eigenvalue weighted by Gasteiger charge is 2.23. The first kappa shape index (κ1) is 19.5. The number of nitrogens with one attached hydrogen (secondary N) is 2. The van der Waals surface area contributed by atoms with Gasteiger partial charge in [-0.2, -0.15) is 11.8 Å². The second-order valence-corrected chi connectivity index (χ2v) is 8.98. The lowest BCUT2D eigenvalue weighted by molar-refractivity contribution is -0.117. The molecule has 0 unspecified atom stereocenters. The molecule has 1 aromatic carbocycles. The van der Waals surface area contributed by atoms with Crippen molar-refractivity contribution < 1.29 is 4.79 Å². The average Bonchev–Trinajstić information content (AvgIpc) is 3.07. The third-order valence-electron chi connectivity index (χ3n) is 5.12. The summed E-state index contributed by atoms with van der Waals surface area (Å²) in [6.45, 7) is 3.74. The predicted molar refractivity (Wildman–Crippen MR) is 116 cm³/mol. The van der Waals surface area contributed by atoms with Gasteiger partial charge in [-0.1, -0.05) is 25.3 Å². The Balaban J connectivity index is 1.45. The Hall–Kier alpha value is -1.27. The first-order valence-electron chi connectivity index (χ1n) is 9.71. The molecule has 1 saturated heterocycles. The van der Waals surface area contributed by atoms with Gasteiger partial charge in [-0.3, -0.25) is 4.79 Å². The van der Waals surface area contributed by atoms with Crippen LogP contribution >= 0.6 is 24.0 Å². The molecule has 1 amide bonds. The summed E-state index contributed by atoms with van der Waals surface area (Å²) in [5.74, 6) is 1.30. The van der Waals surface area contributed by atoms with Crippen molar-refractivity contribution in [2.24, 2.45) is 0 Å². The Labute approximate surface area is 166 Å². The number of amides is 1. The Morgan fingerprint density at radius 1 is 1.27 bits per heavy atom. The Morgan fingerprint density at radius 2 is 2.08 bits per heavy atom. The zero-order valence-corrected chi connectivity index (χ0v) is 17.2. The van der Waals surface area contributed by atoms with E-state index in [2.05, 4.69) is 22.4 Å². The van der Waals surface area contributed by atoms with Crippen LogP contribution in [0.3, 0.4) is 0 Å².